The highest BCUT2D eigenvalue weighted by molar-refractivity contribution is 7.13. The van der Waals surface area contributed by atoms with Crippen molar-refractivity contribution in [1.29, 1.82) is 0 Å². The summed E-state index contributed by atoms with van der Waals surface area (Å²) < 4.78 is 1.96. The highest BCUT2D eigenvalue weighted by atomic mass is 31.0. The minimum atomic E-state index is 0.202. The van der Waals surface area contributed by atoms with E-state index in [9.17, 15) is 4.79 Å². The molecule has 1 aliphatic rings. The molecule has 0 saturated heterocycles. The van der Waals surface area contributed by atoms with Crippen molar-refractivity contribution in [1.82, 2.24) is 9.57 Å². The molecule has 1 unspecified atom stereocenters. The zero-order valence-corrected chi connectivity index (χ0v) is 8.73. The number of hydrogen-bond donors (Lipinski definition) is 0. The lowest BCUT2D eigenvalue weighted by Gasteiger charge is -2.23. The SMILES string of the molecule is CN(C)CC1=CC(=O)CN(P)C1. The molecule has 0 aromatic heterocycles. The van der Waals surface area contributed by atoms with Crippen molar-refractivity contribution in [3.05, 3.63) is 11.6 Å². The van der Waals surface area contributed by atoms with Crippen molar-refractivity contribution in [2.24, 2.45) is 0 Å². The first-order chi connectivity index (χ1) is 5.58. The van der Waals surface area contributed by atoms with Gasteiger partial charge in [-0.2, -0.15) is 0 Å². The number of ketones is 1. The van der Waals surface area contributed by atoms with Crippen LogP contribution in [0.3, 0.4) is 0 Å². The van der Waals surface area contributed by atoms with Crippen LogP contribution in [-0.4, -0.2) is 49.1 Å². The summed E-state index contributed by atoms with van der Waals surface area (Å²) in [5.74, 6) is 0.202. The van der Waals surface area contributed by atoms with Gasteiger partial charge in [-0.15, -0.1) is 0 Å². The summed E-state index contributed by atoms with van der Waals surface area (Å²) in [5.41, 5.74) is 1.19. The Morgan fingerprint density at radius 1 is 1.58 bits per heavy atom. The molecule has 1 heterocycles. The second-order valence-electron chi connectivity index (χ2n) is 3.41. The van der Waals surface area contributed by atoms with Gasteiger partial charge in [-0.25, -0.2) is 0 Å². The lowest BCUT2D eigenvalue weighted by molar-refractivity contribution is -0.115. The third kappa shape index (κ3) is 3.02. The maximum atomic E-state index is 11.1. The highest BCUT2D eigenvalue weighted by Crippen LogP contribution is 2.11. The first-order valence-corrected chi connectivity index (χ1v) is 4.46. The van der Waals surface area contributed by atoms with Gasteiger partial charge in [-0.3, -0.25) is 9.46 Å². The molecule has 1 atom stereocenters. The molecule has 1 aliphatic heterocycles. The van der Waals surface area contributed by atoms with E-state index in [1.54, 1.807) is 6.08 Å². The molecular weight excluding hydrogens is 171 g/mol. The van der Waals surface area contributed by atoms with E-state index in [4.69, 9.17) is 0 Å². The average molecular weight is 186 g/mol. The van der Waals surface area contributed by atoms with Gasteiger partial charge in [0.1, 0.15) is 0 Å². The molecule has 0 aliphatic carbocycles. The number of hydrogen-bond acceptors (Lipinski definition) is 3. The van der Waals surface area contributed by atoms with Crippen molar-refractivity contribution in [2.75, 3.05) is 33.7 Å². The van der Waals surface area contributed by atoms with E-state index >= 15 is 0 Å². The van der Waals surface area contributed by atoms with Crippen LogP contribution in [0.2, 0.25) is 0 Å². The highest BCUT2D eigenvalue weighted by Gasteiger charge is 2.14. The molecule has 0 amide bonds. The Balaban J connectivity index is 2.58. The Bertz CT molecular complexity index is 213. The van der Waals surface area contributed by atoms with E-state index in [-0.39, 0.29) is 5.78 Å². The van der Waals surface area contributed by atoms with Crippen molar-refractivity contribution in [3.8, 4) is 0 Å². The number of rotatable bonds is 2. The predicted octanol–water partition coefficient (Wildman–Crippen LogP) is 0.149. The summed E-state index contributed by atoms with van der Waals surface area (Å²) in [6.45, 7) is 2.28. The largest absolute Gasteiger partial charge is 0.305 e. The van der Waals surface area contributed by atoms with Crippen LogP contribution >= 0.6 is 9.39 Å². The van der Waals surface area contributed by atoms with Crippen molar-refractivity contribution >= 4 is 15.2 Å². The van der Waals surface area contributed by atoms with Crippen LogP contribution < -0.4 is 0 Å². The van der Waals surface area contributed by atoms with Crippen LogP contribution in [0, 0.1) is 0 Å². The second-order valence-corrected chi connectivity index (χ2v) is 4.14. The summed E-state index contributed by atoms with van der Waals surface area (Å²) >= 11 is 0. The normalized spacial score (nSPS) is 20.0. The minimum Gasteiger partial charge on any atom is -0.305 e. The molecule has 0 saturated carbocycles. The van der Waals surface area contributed by atoms with Crippen LogP contribution in [0.15, 0.2) is 11.6 Å². The van der Waals surface area contributed by atoms with Gasteiger partial charge in [0.05, 0.1) is 6.54 Å². The van der Waals surface area contributed by atoms with E-state index in [1.165, 1.54) is 5.57 Å². The fraction of sp³-hybridized carbons (Fsp3) is 0.625. The third-order valence-corrected chi connectivity index (χ3v) is 2.01. The van der Waals surface area contributed by atoms with Gasteiger partial charge in [0.2, 0.25) is 0 Å². The van der Waals surface area contributed by atoms with Gasteiger partial charge >= 0.3 is 0 Å². The molecule has 0 aromatic carbocycles. The number of carbonyl (C=O) groups excluding carboxylic acids is 1. The van der Waals surface area contributed by atoms with E-state index in [1.807, 2.05) is 18.8 Å². The topological polar surface area (TPSA) is 23.6 Å². The van der Waals surface area contributed by atoms with Gasteiger partial charge < -0.3 is 4.90 Å². The quantitative estimate of drug-likeness (QED) is 0.573. The van der Waals surface area contributed by atoms with Gasteiger partial charge in [0.25, 0.3) is 0 Å². The summed E-state index contributed by atoms with van der Waals surface area (Å²) in [6.07, 6.45) is 1.76. The summed E-state index contributed by atoms with van der Waals surface area (Å²) in [5, 5.41) is 0. The fourth-order valence-electron chi connectivity index (χ4n) is 1.34. The molecule has 4 heteroatoms. The van der Waals surface area contributed by atoms with Crippen molar-refractivity contribution in [2.45, 2.75) is 0 Å². The Hall–Kier alpha value is -0.240. The first kappa shape index (κ1) is 9.85. The van der Waals surface area contributed by atoms with E-state index in [2.05, 4.69) is 14.3 Å². The molecule has 0 fully saturated rings. The van der Waals surface area contributed by atoms with Gasteiger partial charge in [0, 0.05) is 13.1 Å². The van der Waals surface area contributed by atoms with Crippen molar-refractivity contribution < 1.29 is 4.79 Å². The molecule has 0 bridgehead atoms. The van der Waals surface area contributed by atoms with E-state index < -0.39 is 0 Å². The van der Waals surface area contributed by atoms with E-state index in [0.29, 0.717) is 6.54 Å². The number of nitrogens with zero attached hydrogens (tertiary/aromatic N) is 2. The van der Waals surface area contributed by atoms with Crippen LogP contribution in [0.1, 0.15) is 0 Å². The summed E-state index contributed by atoms with van der Waals surface area (Å²) in [6, 6.07) is 0. The molecule has 3 nitrogen and oxygen atoms in total. The molecule has 0 aromatic rings. The maximum absolute atomic E-state index is 11.1. The molecular formula is C8H15N2OP. The lowest BCUT2D eigenvalue weighted by Crippen LogP contribution is -2.31. The maximum Gasteiger partial charge on any atom is 0.170 e. The number of carbonyl (C=O) groups is 1. The van der Waals surface area contributed by atoms with Crippen LogP contribution in [0.4, 0.5) is 0 Å². The second kappa shape index (κ2) is 4.13. The van der Waals surface area contributed by atoms with Crippen LogP contribution in [0.5, 0.6) is 0 Å². The minimum absolute atomic E-state index is 0.202. The number of likely N-dealkylation sites (N-methyl/N-ethyl adjacent to an activating group) is 1. The Labute approximate surface area is 75.7 Å². The Kier molecular flexibility index (Phi) is 3.39. The average Bonchev–Trinajstić information content (AvgIpc) is 1.81. The van der Waals surface area contributed by atoms with Crippen molar-refractivity contribution in [3.63, 3.8) is 0 Å². The molecule has 68 valence electrons. The monoisotopic (exact) mass is 186 g/mol. The fourth-order valence-corrected chi connectivity index (χ4v) is 1.75. The molecule has 12 heavy (non-hydrogen) atoms. The molecule has 1 rings (SSSR count). The molecule has 0 spiro atoms. The Morgan fingerprint density at radius 2 is 2.25 bits per heavy atom. The standard InChI is InChI=1S/C8H15N2OP/c1-9(2)4-7-3-8(11)6-10(12)5-7/h3H,4-6,12H2,1-2H3. The third-order valence-electron chi connectivity index (χ3n) is 1.65. The first-order valence-electron chi connectivity index (χ1n) is 3.94. The zero-order chi connectivity index (χ0) is 9.14. The smallest absolute Gasteiger partial charge is 0.170 e. The predicted molar refractivity (Wildman–Crippen MR) is 52.9 cm³/mol. The van der Waals surface area contributed by atoms with Gasteiger partial charge in [0.15, 0.2) is 5.78 Å². The van der Waals surface area contributed by atoms with Crippen LogP contribution in [0.25, 0.3) is 0 Å². The Morgan fingerprint density at radius 3 is 2.75 bits per heavy atom. The summed E-state index contributed by atoms with van der Waals surface area (Å²) in [4.78, 5) is 13.2. The van der Waals surface area contributed by atoms with E-state index in [0.717, 1.165) is 13.1 Å². The lowest BCUT2D eigenvalue weighted by atomic mass is 10.1. The van der Waals surface area contributed by atoms with Crippen LogP contribution in [-0.2, 0) is 4.79 Å². The van der Waals surface area contributed by atoms with Gasteiger partial charge in [-0.05, 0) is 25.7 Å². The molecule has 0 radical (unpaired) electrons. The van der Waals surface area contributed by atoms with Gasteiger partial charge in [-0.1, -0.05) is 9.39 Å². The summed E-state index contributed by atoms with van der Waals surface area (Å²) in [7, 11) is 6.58. The molecule has 0 N–H and O–H groups in total. The zero-order valence-electron chi connectivity index (χ0n) is 7.58.